The summed E-state index contributed by atoms with van der Waals surface area (Å²) in [6, 6.07) is 6.70. The number of nitrogens with two attached hydrogens (primary N) is 2. The molecule has 2 aliphatic rings. The van der Waals surface area contributed by atoms with Crippen molar-refractivity contribution < 1.29 is 9.18 Å². The Kier molecular flexibility index (Phi) is 5.42. The van der Waals surface area contributed by atoms with Gasteiger partial charge in [-0.05, 0) is 55.9 Å². The van der Waals surface area contributed by atoms with Gasteiger partial charge in [-0.15, -0.1) is 0 Å². The van der Waals surface area contributed by atoms with Gasteiger partial charge in [-0.2, -0.15) is 5.10 Å². The van der Waals surface area contributed by atoms with Gasteiger partial charge in [0.2, 0.25) is 0 Å². The molecular formula is C23H28FN7O. The van der Waals surface area contributed by atoms with Gasteiger partial charge >= 0.3 is 0 Å². The molecule has 1 amide bonds. The molecule has 0 saturated heterocycles. The maximum absolute atomic E-state index is 14.7. The van der Waals surface area contributed by atoms with Gasteiger partial charge in [0.15, 0.2) is 11.6 Å². The second-order valence-electron chi connectivity index (χ2n) is 8.97. The molecular weight excluding hydrogens is 409 g/mol. The zero-order chi connectivity index (χ0) is 22.2. The van der Waals surface area contributed by atoms with Gasteiger partial charge in [0, 0.05) is 35.9 Å². The molecule has 3 aromatic rings. The number of benzene rings is 1. The molecule has 2 fully saturated rings. The van der Waals surface area contributed by atoms with Gasteiger partial charge in [0.25, 0.3) is 5.91 Å². The maximum atomic E-state index is 14.7. The Labute approximate surface area is 185 Å². The fraction of sp³-hybridized carbons (Fsp3) is 0.435. The first-order valence-electron chi connectivity index (χ1n) is 11.2. The number of hydrogen-bond acceptors (Lipinski definition) is 6. The maximum Gasteiger partial charge on any atom is 0.252 e. The molecule has 168 valence electrons. The summed E-state index contributed by atoms with van der Waals surface area (Å²) >= 11 is 0. The third-order valence-corrected chi connectivity index (χ3v) is 6.34. The number of aromatic nitrogens is 3. The van der Waals surface area contributed by atoms with Crippen molar-refractivity contribution in [3.8, 4) is 0 Å². The van der Waals surface area contributed by atoms with Gasteiger partial charge < -0.3 is 22.1 Å². The molecule has 0 bridgehead atoms. The van der Waals surface area contributed by atoms with Gasteiger partial charge in [-0.3, -0.25) is 9.48 Å². The molecule has 2 saturated carbocycles. The van der Waals surface area contributed by atoms with Gasteiger partial charge in [0.1, 0.15) is 5.82 Å². The summed E-state index contributed by atoms with van der Waals surface area (Å²) in [6.45, 7) is 0.932. The Bertz CT molecular complexity index is 1160. The standard InChI is InChI=1S/C23H28FN7O/c24-17-10-16(21(26)32)22(29-23(17)28-20-4-2-1-3-18(20)25)27-15-7-8-19-14(9-15)12-31(30-19)11-13-5-6-13/h7-10,12-13,18,20H,1-6,11,25H2,(H2,26,32)(H2,27,28,29)/t18-,20?/m0/s1. The number of primary amides is 1. The smallest absolute Gasteiger partial charge is 0.252 e. The van der Waals surface area contributed by atoms with Crippen LogP contribution >= 0.6 is 0 Å². The summed E-state index contributed by atoms with van der Waals surface area (Å²) in [6.07, 6.45) is 8.38. The van der Waals surface area contributed by atoms with E-state index in [1.54, 1.807) is 0 Å². The van der Waals surface area contributed by atoms with Crippen LogP contribution in [-0.2, 0) is 6.54 Å². The number of carbonyl (C=O) groups excluding carboxylic acids is 1. The third kappa shape index (κ3) is 4.38. The molecule has 0 aliphatic heterocycles. The summed E-state index contributed by atoms with van der Waals surface area (Å²) in [7, 11) is 0. The van der Waals surface area contributed by atoms with Crippen LogP contribution in [0, 0.1) is 11.7 Å². The van der Waals surface area contributed by atoms with Crippen LogP contribution in [0.1, 0.15) is 48.9 Å². The minimum atomic E-state index is -0.752. The Hall–Kier alpha value is -3.20. The van der Waals surface area contributed by atoms with Gasteiger partial charge in [0.05, 0.1) is 11.1 Å². The van der Waals surface area contributed by atoms with E-state index >= 15 is 0 Å². The van der Waals surface area contributed by atoms with Gasteiger partial charge in [-0.1, -0.05) is 12.8 Å². The number of rotatable bonds is 7. The number of halogens is 1. The van der Waals surface area contributed by atoms with E-state index in [0.717, 1.165) is 55.1 Å². The van der Waals surface area contributed by atoms with Crippen LogP contribution in [-0.4, -0.2) is 32.8 Å². The van der Waals surface area contributed by atoms with E-state index in [0.29, 0.717) is 5.69 Å². The lowest BCUT2D eigenvalue weighted by Gasteiger charge is -2.30. The van der Waals surface area contributed by atoms with Crippen molar-refractivity contribution in [1.82, 2.24) is 14.8 Å². The Morgan fingerprint density at radius 1 is 1.16 bits per heavy atom. The highest BCUT2D eigenvalue weighted by atomic mass is 19.1. The van der Waals surface area contributed by atoms with E-state index in [1.165, 1.54) is 12.8 Å². The summed E-state index contributed by atoms with van der Waals surface area (Å²) in [5.74, 6) is -0.377. The quantitative estimate of drug-likeness (QED) is 0.448. The number of pyridine rings is 1. The van der Waals surface area contributed by atoms with E-state index in [1.807, 2.05) is 29.1 Å². The van der Waals surface area contributed by atoms with Crippen molar-refractivity contribution in [3.05, 3.63) is 41.8 Å². The first kappa shape index (κ1) is 20.7. The van der Waals surface area contributed by atoms with Crippen molar-refractivity contribution in [2.24, 2.45) is 17.4 Å². The lowest BCUT2D eigenvalue weighted by Crippen LogP contribution is -2.43. The first-order chi connectivity index (χ1) is 15.5. The average molecular weight is 438 g/mol. The minimum absolute atomic E-state index is 0.00878. The fourth-order valence-electron chi connectivity index (χ4n) is 4.34. The topological polar surface area (TPSA) is 124 Å². The Balaban J connectivity index is 1.42. The molecule has 2 atom stereocenters. The molecule has 0 spiro atoms. The van der Waals surface area contributed by atoms with E-state index in [-0.39, 0.29) is 29.3 Å². The van der Waals surface area contributed by atoms with Crippen LogP contribution in [0.15, 0.2) is 30.5 Å². The molecule has 9 heteroatoms. The molecule has 6 N–H and O–H groups in total. The van der Waals surface area contributed by atoms with Crippen LogP contribution in [0.4, 0.5) is 21.7 Å². The summed E-state index contributed by atoms with van der Waals surface area (Å²) in [5.41, 5.74) is 13.3. The normalized spacial score (nSPS) is 20.9. The van der Waals surface area contributed by atoms with E-state index in [2.05, 4.69) is 20.7 Å². The molecule has 8 nitrogen and oxygen atoms in total. The zero-order valence-electron chi connectivity index (χ0n) is 17.9. The SMILES string of the molecule is NC(=O)c1cc(F)c(NC2CCCC[C@@H]2N)nc1Nc1ccc2nn(CC3CC3)cc2c1. The van der Waals surface area contributed by atoms with Crippen molar-refractivity contribution in [1.29, 1.82) is 0 Å². The van der Waals surface area contributed by atoms with E-state index in [9.17, 15) is 9.18 Å². The minimum Gasteiger partial charge on any atom is -0.365 e. The van der Waals surface area contributed by atoms with Crippen LogP contribution in [0.2, 0.25) is 0 Å². The predicted molar refractivity (Wildman–Crippen MR) is 122 cm³/mol. The van der Waals surface area contributed by atoms with Crippen molar-refractivity contribution in [3.63, 3.8) is 0 Å². The lowest BCUT2D eigenvalue weighted by atomic mass is 9.91. The zero-order valence-corrected chi connectivity index (χ0v) is 17.9. The fourth-order valence-corrected chi connectivity index (χ4v) is 4.34. The van der Waals surface area contributed by atoms with Crippen LogP contribution in [0.5, 0.6) is 0 Å². The molecule has 2 heterocycles. The van der Waals surface area contributed by atoms with E-state index < -0.39 is 11.7 Å². The molecule has 2 aromatic heterocycles. The number of nitrogens with zero attached hydrogens (tertiary/aromatic N) is 3. The first-order valence-corrected chi connectivity index (χ1v) is 11.2. The summed E-state index contributed by atoms with van der Waals surface area (Å²) in [5, 5.41) is 11.9. The molecule has 32 heavy (non-hydrogen) atoms. The van der Waals surface area contributed by atoms with Crippen LogP contribution in [0.3, 0.4) is 0 Å². The second-order valence-corrected chi connectivity index (χ2v) is 8.97. The second kappa shape index (κ2) is 8.38. The van der Waals surface area contributed by atoms with Crippen molar-refractivity contribution >= 4 is 34.1 Å². The summed E-state index contributed by atoms with van der Waals surface area (Å²) in [4.78, 5) is 16.3. The number of fused-ring (bicyclic) bond motifs is 1. The largest absolute Gasteiger partial charge is 0.365 e. The lowest BCUT2D eigenvalue weighted by molar-refractivity contribution is 0.100. The molecule has 1 unspecified atom stereocenters. The van der Waals surface area contributed by atoms with E-state index in [4.69, 9.17) is 11.5 Å². The summed E-state index contributed by atoms with van der Waals surface area (Å²) < 4.78 is 16.7. The van der Waals surface area contributed by atoms with Crippen molar-refractivity contribution in [2.45, 2.75) is 57.2 Å². The Morgan fingerprint density at radius 3 is 2.72 bits per heavy atom. The highest BCUT2D eigenvalue weighted by Crippen LogP contribution is 2.31. The number of hydrogen-bond donors (Lipinski definition) is 4. The third-order valence-electron chi connectivity index (χ3n) is 6.34. The Morgan fingerprint density at radius 2 is 1.97 bits per heavy atom. The number of nitrogens with one attached hydrogen (secondary N) is 2. The predicted octanol–water partition coefficient (Wildman–Crippen LogP) is 3.50. The van der Waals surface area contributed by atoms with Crippen LogP contribution < -0.4 is 22.1 Å². The van der Waals surface area contributed by atoms with Gasteiger partial charge in [-0.25, -0.2) is 9.37 Å². The molecule has 2 aliphatic carbocycles. The highest BCUT2D eigenvalue weighted by molar-refractivity contribution is 5.99. The molecule has 5 rings (SSSR count). The number of carbonyl (C=O) groups is 1. The monoisotopic (exact) mass is 437 g/mol. The number of amides is 1. The molecule has 0 radical (unpaired) electrons. The number of anilines is 3. The highest BCUT2D eigenvalue weighted by Gasteiger charge is 2.25. The van der Waals surface area contributed by atoms with Crippen molar-refractivity contribution in [2.75, 3.05) is 10.6 Å². The van der Waals surface area contributed by atoms with Crippen LogP contribution in [0.25, 0.3) is 10.9 Å². The average Bonchev–Trinajstić information content (AvgIpc) is 3.48. The molecule has 1 aromatic carbocycles.